The van der Waals surface area contributed by atoms with Gasteiger partial charge in [0, 0.05) is 26.1 Å². The van der Waals surface area contributed by atoms with Crippen molar-refractivity contribution in [3.8, 4) is 0 Å². The molecule has 1 saturated heterocycles. The van der Waals surface area contributed by atoms with Crippen LogP contribution >= 0.6 is 0 Å². The third kappa shape index (κ3) is 2.37. The fraction of sp³-hybridized carbons (Fsp3) is 0.727. The second kappa shape index (κ2) is 4.54. The summed E-state index contributed by atoms with van der Waals surface area (Å²) in [4.78, 5) is 0. The predicted octanol–water partition coefficient (Wildman–Crippen LogP) is 0.357. The Morgan fingerprint density at radius 1 is 1.65 bits per heavy atom. The largest absolute Gasteiger partial charge is 0.394 e. The lowest BCUT2D eigenvalue weighted by molar-refractivity contribution is 0.0381. The van der Waals surface area contributed by atoms with Crippen LogP contribution in [0, 0.1) is 6.92 Å². The summed E-state index contributed by atoms with van der Waals surface area (Å²) in [6, 6.07) is 0. The Morgan fingerprint density at radius 3 is 3.00 bits per heavy atom. The molecule has 6 heteroatoms. The zero-order valence-electron chi connectivity index (χ0n) is 10.4. The highest BCUT2D eigenvalue weighted by Gasteiger charge is 2.32. The number of rotatable bonds is 4. The van der Waals surface area contributed by atoms with Crippen LogP contribution in [0.1, 0.15) is 19.0 Å². The molecule has 1 fully saturated rings. The van der Waals surface area contributed by atoms with E-state index in [0.29, 0.717) is 31.9 Å². The Bertz CT molecular complexity index is 396. The quantitative estimate of drug-likeness (QED) is 0.707. The molecule has 0 aromatic carbocycles. The Labute approximate surface area is 101 Å². The molecule has 1 unspecified atom stereocenters. The summed E-state index contributed by atoms with van der Waals surface area (Å²) in [6.07, 6.45) is 0.652. The normalized spacial score (nSPS) is 24.2. The lowest BCUT2D eigenvalue weighted by atomic mass is 10.0. The van der Waals surface area contributed by atoms with Crippen LogP contribution < -0.4 is 11.1 Å². The number of hydrogen-bond donors (Lipinski definition) is 3. The summed E-state index contributed by atoms with van der Waals surface area (Å²) < 4.78 is 7.01. The fourth-order valence-corrected chi connectivity index (χ4v) is 1.99. The third-order valence-corrected chi connectivity index (χ3v) is 3.14. The zero-order chi connectivity index (χ0) is 12.5. The minimum Gasteiger partial charge on any atom is -0.394 e. The minimum atomic E-state index is -0.789. The number of anilines is 2. The number of nitrogens with one attached hydrogen (secondary N) is 1. The number of nitrogens with zero attached hydrogens (tertiary/aromatic N) is 2. The predicted molar refractivity (Wildman–Crippen MR) is 65.9 cm³/mol. The molecule has 4 N–H and O–H groups in total. The van der Waals surface area contributed by atoms with E-state index >= 15 is 0 Å². The van der Waals surface area contributed by atoms with E-state index < -0.39 is 5.60 Å². The van der Waals surface area contributed by atoms with Crippen molar-refractivity contribution in [1.29, 1.82) is 0 Å². The number of aromatic nitrogens is 2. The maximum atomic E-state index is 10.2. The zero-order valence-corrected chi connectivity index (χ0v) is 10.4. The maximum absolute atomic E-state index is 10.2. The summed E-state index contributed by atoms with van der Waals surface area (Å²) in [5, 5.41) is 17.6. The van der Waals surface area contributed by atoms with Crippen LogP contribution in [-0.2, 0) is 11.3 Å². The minimum absolute atomic E-state index is 0.374. The molecular formula is C11H20N4O2. The van der Waals surface area contributed by atoms with Gasteiger partial charge in [-0.25, -0.2) is 4.68 Å². The summed E-state index contributed by atoms with van der Waals surface area (Å²) >= 11 is 0. The highest BCUT2D eigenvalue weighted by molar-refractivity contribution is 5.64. The van der Waals surface area contributed by atoms with E-state index in [0.717, 1.165) is 18.1 Å². The Balaban J connectivity index is 2.08. The number of ether oxygens (including phenoxy) is 1. The van der Waals surface area contributed by atoms with Gasteiger partial charge in [-0.05, 0) is 13.8 Å². The van der Waals surface area contributed by atoms with Crippen molar-refractivity contribution in [2.24, 2.45) is 0 Å². The van der Waals surface area contributed by atoms with Gasteiger partial charge >= 0.3 is 0 Å². The van der Waals surface area contributed by atoms with Crippen molar-refractivity contribution in [3.63, 3.8) is 0 Å². The van der Waals surface area contributed by atoms with Crippen molar-refractivity contribution in [1.82, 2.24) is 9.78 Å². The van der Waals surface area contributed by atoms with E-state index in [4.69, 9.17) is 10.5 Å². The van der Waals surface area contributed by atoms with Crippen LogP contribution in [0.5, 0.6) is 0 Å². The van der Waals surface area contributed by atoms with Crippen LogP contribution in [0.15, 0.2) is 0 Å². The lowest BCUT2D eigenvalue weighted by Gasteiger charge is -2.21. The SMILES string of the molecule is CCn1nc(C)c(N)c1NCC1(O)CCOC1. The molecule has 0 amide bonds. The molecule has 1 aromatic heterocycles. The van der Waals surface area contributed by atoms with Crippen LogP contribution in [0.2, 0.25) is 0 Å². The molecule has 2 rings (SSSR count). The average molecular weight is 240 g/mol. The molecule has 96 valence electrons. The van der Waals surface area contributed by atoms with E-state index in [1.54, 1.807) is 0 Å². The average Bonchev–Trinajstić information content (AvgIpc) is 2.84. The van der Waals surface area contributed by atoms with Crippen LogP contribution in [-0.4, -0.2) is 40.2 Å². The topological polar surface area (TPSA) is 85.3 Å². The van der Waals surface area contributed by atoms with Crippen LogP contribution in [0.3, 0.4) is 0 Å². The molecule has 1 aromatic rings. The second-order valence-electron chi connectivity index (χ2n) is 4.54. The molecule has 0 spiro atoms. The first kappa shape index (κ1) is 12.2. The first-order valence-corrected chi connectivity index (χ1v) is 5.92. The highest BCUT2D eigenvalue weighted by Crippen LogP contribution is 2.24. The van der Waals surface area contributed by atoms with E-state index in [1.165, 1.54) is 0 Å². The smallest absolute Gasteiger partial charge is 0.148 e. The molecule has 1 aliphatic heterocycles. The Hall–Kier alpha value is -1.27. The van der Waals surface area contributed by atoms with E-state index in [9.17, 15) is 5.11 Å². The highest BCUT2D eigenvalue weighted by atomic mass is 16.5. The molecule has 17 heavy (non-hydrogen) atoms. The summed E-state index contributed by atoms with van der Waals surface area (Å²) in [7, 11) is 0. The van der Waals surface area contributed by atoms with Crippen molar-refractivity contribution in [3.05, 3.63) is 5.69 Å². The van der Waals surface area contributed by atoms with Gasteiger partial charge in [-0.3, -0.25) is 0 Å². The second-order valence-corrected chi connectivity index (χ2v) is 4.54. The first-order valence-electron chi connectivity index (χ1n) is 5.92. The van der Waals surface area contributed by atoms with Gasteiger partial charge in [0.25, 0.3) is 0 Å². The number of aliphatic hydroxyl groups is 1. The number of nitrogen functional groups attached to an aromatic ring is 1. The van der Waals surface area contributed by atoms with E-state index in [1.807, 2.05) is 18.5 Å². The third-order valence-electron chi connectivity index (χ3n) is 3.14. The van der Waals surface area contributed by atoms with Crippen molar-refractivity contribution in [2.45, 2.75) is 32.4 Å². The number of hydrogen-bond acceptors (Lipinski definition) is 5. The van der Waals surface area contributed by atoms with Crippen molar-refractivity contribution < 1.29 is 9.84 Å². The fourth-order valence-electron chi connectivity index (χ4n) is 1.99. The van der Waals surface area contributed by atoms with E-state index in [-0.39, 0.29) is 0 Å². The maximum Gasteiger partial charge on any atom is 0.148 e. The monoisotopic (exact) mass is 240 g/mol. The molecule has 0 bridgehead atoms. The summed E-state index contributed by atoms with van der Waals surface area (Å²) in [5.41, 5.74) is 6.62. The van der Waals surface area contributed by atoms with Gasteiger partial charge in [-0.15, -0.1) is 0 Å². The Morgan fingerprint density at radius 2 is 2.41 bits per heavy atom. The first-order chi connectivity index (χ1) is 8.06. The van der Waals surface area contributed by atoms with E-state index in [2.05, 4.69) is 10.4 Å². The van der Waals surface area contributed by atoms with Gasteiger partial charge in [-0.1, -0.05) is 0 Å². The molecule has 2 heterocycles. The van der Waals surface area contributed by atoms with Crippen molar-refractivity contribution >= 4 is 11.5 Å². The number of aryl methyl sites for hydroxylation is 2. The van der Waals surface area contributed by atoms with Gasteiger partial charge in [0.2, 0.25) is 0 Å². The van der Waals surface area contributed by atoms with Gasteiger partial charge in [0.15, 0.2) is 0 Å². The Kier molecular flexibility index (Phi) is 3.26. The van der Waals surface area contributed by atoms with Crippen molar-refractivity contribution in [2.75, 3.05) is 30.8 Å². The molecule has 6 nitrogen and oxygen atoms in total. The molecule has 0 radical (unpaired) electrons. The van der Waals surface area contributed by atoms with Gasteiger partial charge in [0.1, 0.15) is 11.4 Å². The standard InChI is InChI=1S/C11H20N4O2/c1-3-15-10(9(12)8(2)14-15)13-6-11(16)4-5-17-7-11/h13,16H,3-7,12H2,1-2H3. The summed E-state index contributed by atoms with van der Waals surface area (Å²) in [5.74, 6) is 0.783. The molecule has 0 aliphatic carbocycles. The van der Waals surface area contributed by atoms with Gasteiger partial charge in [-0.2, -0.15) is 5.10 Å². The summed E-state index contributed by atoms with van der Waals surface area (Å²) in [6.45, 7) is 6.04. The number of nitrogens with two attached hydrogens (primary N) is 1. The van der Waals surface area contributed by atoms with Crippen LogP contribution in [0.25, 0.3) is 0 Å². The molecule has 0 saturated carbocycles. The molecule has 1 atom stereocenters. The van der Waals surface area contributed by atoms with Gasteiger partial charge < -0.3 is 20.9 Å². The van der Waals surface area contributed by atoms with Crippen LogP contribution in [0.4, 0.5) is 11.5 Å². The lowest BCUT2D eigenvalue weighted by Crippen LogP contribution is -2.37. The molecule has 1 aliphatic rings. The molecular weight excluding hydrogens is 220 g/mol. The van der Waals surface area contributed by atoms with Gasteiger partial charge in [0.05, 0.1) is 18.0 Å².